The molecule has 0 spiro atoms. The van der Waals surface area contributed by atoms with Crippen LogP contribution < -0.4 is 10.1 Å². The molecule has 9 heteroatoms. The number of guanidine groups is 1. The van der Waals surface area contributed by atoms with E-state index in [2.05, 4.69) is 33.4 Å². The van der Waals surface area contributed by atoms with Gasteiger partial charge in [0, 0.05) is 31.8 Å². The van der Waals surface area contributed by atoms with Crippen molar-refractivity contribution in [2.24, 2.45) is 4.99 Å². The molecule has 1 heterocycles. The zero-order valence-electron chi connectivity index (χ0n) is 16.9. The molecule has 1 atom stereocenters. The minimum atomic E-state index is -0.782. The van der Waals surface area contributed by atoms with Gasteiger partial charge in [-0.2, -0.15) is 0 Å². The third kappa shape index (κ3) is 6.56. The predicted octanol–water partition coefficient (Wildman–Crippen LogP) is 2.98. The van der Waals surface area contributed by atoms with Crippen LogP contribution in [-0.4, -0.2) is 53.2 Å². The van der Waals surface area contributed by atoms with Crippen molar-refractivity contribution in [1.29, 1.82) is 0 Å². The van der Waals surface area contributed by atoms with Crippen LogP contribution in [0.15, 0.2) is 53.5 Å². The zero-order chi connectivity index (χ0) is 20.6. The second-order valence-electron chi connectivity index (χ2n) is 6.85. The lowest BCUT2D eigenvalue weighted by molar-refractivity contribution is -0.384. The number of aliphatic hydroxyl groups is 1. The average molecular weight is 526 g/mol. The number of aliphatic imine (C=N–C) groups is 1. The number of nitrogens with one attached hydrogen (secondary N) is 1. The Hall–Kier alpha value is -2.40. The number of benzene rings is 2. The van der Waals surface area contributed by atoms with E-state index in [-0.39, 0.29) is 42.8 Å². The van der Waals surface area contributed by atoms with Crippen molar-refractivity contribution in [1.82, 2.24) is 10.2 Å². The molecule has 0 amide bonds. The van der Waals surface area contributed by atoms with E-state index in [0.29, 0.717) is 5.75 Å². The first kappa shape index (κ1) is 23.9. The van der Waals surface area contributed by atoms with Crippen LogP contribution in [0, 0.1) is 10.1 Å². The second kappa shape index (κ2) is 11.7. The first-order valence-corrected chi connectivity index (χ1v) is 9.72. The lowest BCUT2D eigenvalue weighted by Crippen LogP contribution is -2.44. The minimum Gasteiger partial charge on any atom is -0.491 e. The maximum absolute atomic E-state index is 10.7. The minimum absolute atomic E-state index is 0. The van der Waals surface area contributed by atoms with Crippen LogP contribution in [0.1, 0.15) is 18.1 Å². The van der Waals surface area contributed by atoms with Crippen molar-refractivity contribution in [3.8, 4) is 5.75 Å². The van der Waals surface area contributed by atoms with Gasteiger partial charge < -0.3 is 20.1 Å². The quantitative estimate of drug-likeness (QED) is 0.189. The molecule has 1 unspecified atom stereocenters. The van der Waals surface area contributed by atoms with E-state index in [1.807, 2.05) is 13.0 Å². The lowest BCUT2D eigenvalue weighted by atomic mass is 10.0. The molecule has 3 rings (SSSR count). The van der Waals surface area contributed by atoms with Gasteiger partial charge in [-0.3, -0.25) is 15.1 Å². The van der Waals surface area contributed by atoms with Gasteiger partial charge in [0.05, 0.1) is 11.5 Å². The number of nitrogens with zero attached hydrogens (tertiary/aromatic N) is 3. The molecule has 2 N–H and O–H groups in total. The van der Waals surface area contributed by atoms with E-state index in [1.54, 1.807) is 0 Å². The Morgan fingerprint density at radius 2 is 1.97 bits per heavy atom. The fourth-order valence-corrected chi connectivity index (χ4v) is 3.20. The Balaban J connectivity index is 0.00000320. The van der Waals surface area contributed by atoms with Crippen LogP contribution in [0.5, 0.6) is 5.75 Å². The van der Waals surface area contributed by atoms with Gasteiger partial charge in [0.25, 0.3) is 5.69 Å². The molecule has 0 saturated heterocycles. The Bertz CT molecular complexity index is 860. The normalized spacial score (nSPS) is 14.3. The van der Waals surface area contributed by atoms with Crippen molar-refractivity contribution in [2.45, 2.75) is 26.0 Å². The molecule has 162 valence electrons. The average Bonchev–Trinajstić information content (AvgIpc) is 2.75. The second-order valence-corrected chi connectivity index (χ2v) is 6.85. The summed E-state index contributed by atoms with van der Waals surface area (Å²) in [6.45, 7) is 4.68. The van der Waals surface area contributed by atoms with E-state index < -0.39 is 11.0 Å². The van der Waals surface area contributed by atoms with Gasteiger partial charge in [-0.25, -0.2) is 0 Å². The maximum Gasteiger partial charge on any atom is 0.269 e. The summed E-state index contributed by atoms with van der Waals surface area (Å²) in [4.78, 5) is 17.0. The van der Waals surface area contributed by atoms with Gasteiger partial charge in [0.2, 0.25) is 0 Å². The zero-order valence-corrected chi connectivity index (χ0v) is 19.2. The summed E-state index contributed by atoms with van der Waals surface area (Å²) in [5.41, 5.74) is 2.67. The van der Waals surface area contributed by atoms with Gasteiger partial charge >= 0.3 is 0 Å². The standard InChI is InChI=1S/C21H26N4O4.HI/c1-2-22-21(24-12-11-16-5-3-4-6-17(16)14-24)23-13-19(26)15-29-20-9-7-18(8-10-20)25(27)28;/h3-10,19,26H,2,11-15H2,1H3,(H,22,23);1H. The Kier molecular flexibility index (Phi) is 9.31. The number of ether oxygens (including phenoxy) is 1. The Morgan fingerprint density at radius 3 is 2.63 bits per heavy atom. The Labute approximate surface area is 193 Å². The number of fused-ring (bicyclic) bond motifs is 1. The molecular formula is C21H27IN4O4. The summed E-state index contributed by atoms with van der Waals surface area (Å²) in [7, 11) is 0. The van der Waals surface area contributed by atoms with E-state index in [4.69, 9.17) is 4.74 Å². The van der Waals surface area contributed by atoms with Crippen LogP contribution in [0.4, 0.5) is 5.69 Å². The van der Waals surface area contributed by atoms with Gasteiger partial charge in [0.1, 0.15) is 18.5 Å². The summed E-state index contributed by atoms with van der Waals surface area (Å²) in [6, 6.07) is 14.2. The molecule has 0 saturated carbocycles. The first-order valence-electron chi connectivity index (χ1n) is 9.72. The number of nitro groups is 1. The number of aliphatic hydroxyl groups excluding tert-OH is 1. The van der Waals surface area contributed by atoms with Crippen LogP contribution in [0.2, 0.25) is 0 Å². The summed E-state index contributed by atoms with van der Waals surface area (Å²) >= 11 is 0. The molecule has 1 aliphatic rings. The topological polar surface area (TPSA) is 100 Å². The molecule has 0 aromatic heterocycles. The molecular weight excluding hydrogens is 499 g/mol. The van der Waals surface area contributed by atoms with Crippen molar-refractivity contribution in [2.75, 3.05) is 26.2 Å². The van der Waals surface area contributed by atoms with E-state index in [0.717, 1.165) is 32.0 Å². The fourth-order valence-electron chi connectivity index (χ4n) is 3.20. The van der Waals surface area contributed by atoms with Gasteiger partial charge in [-0.05, 0) is 36.6 Å². The van der Waals surface area contributed by atoms with Crippen LogP contribution in [0.3, 0.4) is 0 Å². The SMILES string of the molecule is CCNC(=NCC(O)COc1ccc([N+](=O)[O-])cc1)N1CCc2ccccc2C1.I. The number of non-ortho nitro benzene ring substituents is 1. The molecule has 8 nitrogen and oxygen atoms in total. The van der Waals surface area contributed by atoms with Gasteiger partial charge in [-0.15, -0.1) is 24.0 Å². The summed E-state index contributed by atoms with van der Waals surface area (Å²) in [5, 5.41) is 24.2. The largest absolute Gasteiger partial charge is 0.491 e. The van der Waals surface area contributed by atoms with Crippen LogP contribution in [-0.2, 0) is 13.0 Å². The Morgan fingerprint density at radius 1 is 1.27 bits per heavy atom. The molecule has 2 aromatic carbocycles. The molecule has 1 aliphatic heterocycles. The third-order valence-electron chi connectivity index (χ3n) is 4.71. The molecule has 0 bridgehead atoms. The summed E-state index contributed by atoms with van der Waals surface area (Å²) in [5.74, 6) is 1.24. The van der Waals surface area contributed by atoms with Gasteiger partial charge in [-0.1, -0.05) is 24.3 Å². The fraction of sp³-hybridized carbons (Fsp3) is 0.381. The molecule has 2 aromatic rings. The summed E-state index contributed by atoms with van der Waals surface area (Å²) < 4.78 is 5.51. The first-order chi connectivity index (χ1) is 14.1. The van der Waals surface area contributed by atoms with Crippen molar-refractivity contribution in [3.63, 3.8) is 0 Å². The highest BCUT2D eigenvalue weighted by Crippen LogP contribution is 2.19. The summed E-state index contributed by atoms with van der Waals surface area (Å²) in [6.07, 6.45) is 0.183. The van der Waals surface area contributed by atoms with E-state index in [9.17, 15) is 15.2 Å². The van der Waals surface area contributed by atoms with E-state index in [1.165, 1.54) is 35.4 Å². The predicted molar refractivity (Wildman–Crippen MR) is 127 cm³/mol. The lowest BCUT2D eigenvalue weighted by Gasteiger charge is -2.31. The number of hydrogen-bond donors (Lipinski definition) is 2. The number of nitro benzene ring substituents is 1. The van der Waals surface area contributed by atoms with Crippen LogP contribution >= 0.6 is 24.0 Å². The van der Waals surface area contributed by atoms with Gasteiger partial charge in [0.15, 0.2) is 5.96 Å². The highest BCUT2D eigenvalue weighted by molar-refractivity contribution is 14.0. The molecule has 0 fully saturated rings. The molecule has 0 aliphatic carbocycles. The van der Waals surface area contributed by atoms with Crippen molar-refractivity contribution < 1.29 is 14.8 Å². The number of rotatable bonds is 7. The highest BCUT2D eigenvalue weighted by atomic mass is 127. The number of hydrogen-bond acceptors (Lipinski definition) is 5. The van der Waals surface area contributed by atoms with Crippen LogP contribution in [0.25, 0.3) is 0 Å². The van der Waals surface area contributed by atoms with Crippen molar-refractivity contribution >= 4 is 35.6 Å². The smallest absolute Gasteiger partial charge is 0.269 e. The molecule has 30 heavy (non-hydrogen) atoms. The third-order valence-corrected chi connectivity index (χ3v) is 4.71. The monoisotopic (exact) mass is 526 g/mol. The molecule has 0 radical (unpaired) electrons. The maximum atomic E-state index is 10.7. The van der Waals surface area contributed by atoms with Crippen molar-refractivity contribution in [3.05, 3.63) is 69.8 Å². The van der Waals surface area contributed by atoms with E-state index >= 15 is 0 Å². The number of halogens is 1. The highest BCUT2D eigenvalue weighted by Gasteiger charge is 2.19.